The summed E-state index contributed by atoms with van der Waals surface area (Å²) >= 11 is 0. The van der Waals surface area contributed by atoms with Crippen LogP contribution in [0.5, 0.6) is 0 Å². The molecule has 0 bridgehead atoms. The molecule has 2 aromatic heterocycles. The minimum atomic E-state index is -0.596. The van der Waals surface area contributed by atoms with Gasteiger partial charge in [0.1, 0.15) is 6.04 Å². The second-order valence-corrected chi connectivity index (χ2v) is 6.23. The number of rotatable bonds is 3. The zero-order valence-corrected chi connectivity index (χ0v) is 13.8. The molecule has 0 N–H and O–H groups in total. The van der Waals surface area contributed by atoms with E-state index in [-0.39, 0.29) is 23.6 Å². The Labute approximate surface area is 143 Å². The van der Waals surface area contributed by atoms with Crippen molar-refractivity contribution >= 4 is 5.91 Å². The van der Waals surface area contributed by atoms with Crippen molar-refractivity contribution in [2.45, 2.75) is 19.0 Å². The van der Waals surface area contributed by atoms with Gasteiger partial charge in [-0.1, -0.05) is 5.16 Å². The lowest BCUT2D eigenvalue weighted by atomic mass is 10.0. The SMILES string of the molecule is Cc1noc(C2COCCN2C2CN(C(=O)c3ccncc3F)C2)n1. The fourth-order valence-electron chi connectivity index (χ4n) is 3.27. The molecule has 2 saturated heterocycles. The van der Waals surface area contributed by atoms with E-state index in [1.807, 2.05) is 0 Å². The van der Waals surface area contributed by atoms with Crippen molar-refractivity contribution in [3.8, 4) is 0 Å². The lowest BCUT2D eigenvalue weighted by Gasteiger charge is -2.48. The Kier molecular flexibility index (Phi) is 4.18. The van der Waals surface area contributed by atoms with Gasteiger partial charge in [0.05, 0.1) is 25.0 Å². The van der Waals surface area contributed by atoms with E-state index in [0.29, 0.717) is 38.0 Å². The second kappa shape index (κ2) is 6.49. The molecule has 2 aliphatic heterocycles. The predicted octanol–water partition coefficient (Wildman–Crippen LogP) is 0.810. The van der Waals surface area contributed by atoms with Gasteiger partial charge >= 0.3 is 0 Å². The van der Waals surface area contributed by atoms with E-state index in [1.165, 1.54) is 12.3 Å². The number of ether oxygens (including phenoxy) is 1. The average Bonchev–Trinajstić information content (AvgIpc) is 3.00. The number of aromatic nitrogens is 3. The summed E-state index contributed by atoms with van der Waals surface area (Å²) < 4.78 is 24.6. The summed E-state index contributed by atoms with van der Waals surface area (Å²) in [6.45, 7) is 4.66. The quantitative estimate of drug-likeness (QED) is 0.812. The third kappa shape index (κ3) is 3.00. The Morgan fingerprint density at radius 2 is 2.24 bits per heavy atom. The Balaban J connectivity index is 1.43. The molecule has 4 heterocycles. The summed E-state index contributed by atoms with van der Waals surface area (Å²) in [5, 5.41) is 3.84. The molecular weight excluding hydrogens is 329 g/mol. The van der Waals surface area contributed by atoms with Gasteiger partial charge in [0, 0.05) is 31.9 Å². The van der Waals surface area contributed by atoms with E-state index in [4.69, 9.17) is 9.26 Å². The van der Waals surface area contributed by atoms with Gasteiger partial charge in [-0.25, -0.2) is 4.39 Å². The molecule has 0 saturated carbocycles. The summed E-state index contributed by atoms with van der Waals surface area (Å²) in [7, 11) is 0. The third-order valence-corrected chi connectivity index (χ3v) is 4.62. The fraction of sp³-hybridized carbons (Fsp3) is 0.500. The Hall–Kier alpha value is -2.39. The number of nitrogens with zero attached hydrogens (tertiary/aromatic N) is 5. The van der Waals surface area contributed by atoms with E-state index in [9.17, 15) is 9.18 Å². The van der Waals surface area contributed by atoms with Crippen LogP contribution in [0.25, 0.3) is 0 Å². The van der Waals surface area contributed by atoms with Crippen molar-refractivity contribution in [2.75, 3.05) is 32.8 Å². The topological polar surface area (TPSA) is 84.6 Å². The number of halogens is 1. The van der Waals surface area contributed by atoms with Gasteiger partial charge in [0.15, 0.2) is 11.6 Å². The highest BCUT2D eigenvalue weighted by Crippen LogP contribution is 2.29. The first-order chi connectivity index (χ1) is 12.1. The van der Waals surface area contributed by atoms with Crippen LogP contribution in [0.2, 0.25) is 0 Å². The molecule has 0 spiro atoms. The van der Waals surface area contributed by atoms with E-state index < -0.39 is 5.82 Å². The molecule has 0 aliphatic carbocycles. The van der Waals surface area contributed by atoms with Gasteiger partial charge in [-0.2, -0.15) is 4.98 Å². The van der Waals surface area contributed by atoms with Crippen LogP contribution < -0.4 is 0 Å². The highest BCUT2D eigenvalue weighted by Gasteiger charge is 2.41. The van der Waals surface area contributed by atoms with Crippen molar-refractivity contribution < 1.29 is 18.4 Å². The molecule has 9 heteroatoms. The summed E-state index contributed by atoms with van der Waals surface area (Å²) in [6, 6.07) is 1.45. The van der Waals surface area contributed by atoms with Gasteiger partial charge in [0.25, 0.3) is 5.91 Å². The van der Waals surface area contributed by atoms with E-state index >= 15 is 0 Å². The first kappa shape index (κ1) is 16.1. The maximum Gasteiger partial charge on any atom is 0.257 e. The molecule has 1 amide bonds. The first-order valence-electron chi connectivity index (χ1n) is 8.16. The standard InChI is InChI=1S/C16H18FN5O3/c1-10-19-15(25-20-10)14-9-24-5-4-22(14)11-7-21(8-11)16(23)12-2-3-18-6-13(12)17/h2-3,6,11,14H,4-5,7-9H2,1H3. The summed E-state index contributed by atoms with van der Waals surface area (Å²) in [4.78, 5) is 24.2. The van der Waals surface area contributed by atoms with Gasteiger partial charge in [-0.3, -0.25) is 14.7 Å². The Bertz CT molecular complexity index is 777. The van der Waals surface area contributed by atoms with Gasteiger partial charge < -0.3 is 14.2 Å². The van der Waals surface area contributed by atoms with Crippen LogP contribution in [0.1, 0.15) is 28.1 Å². The molecule has 0 radical (unpaired) electrons. The monoisotopic (exact) mass is 347 g/mol. The molecule has 1 atom stereocenters. The number of hydrogen-bond acceptors (Lipinski definition) is 7. The van der Waals surface area contributed by atoms with Crippen LogP contribution in [0.4, 0.5) is 4.39 Å². The Morgan fingerprint density at radius 3 is 2.96 bits per heavy atom. The molecule has 1 unspecified atom stereocenters. The van der Waals surface area contributed by atoms with Crippen LogP contribution in [0, 0.1) is 12.7 Å². The number of amides is 1. The van der Waals surface area contributed by atoms with Crippen molar-refractivity contribution in [3.05, 3.63) is 41.6 Å². The minimum absolute atomic E-state index is 0.0551. The van der Waals surface area contributed by atoms with E-state index in [1.54, 1.807) is 11.8 Å². The van der Waals surface area contributed by atoms with Crippen molar-refractivity contribution in [2.24, 2.45) is 0 Å². The first-order valence-corrected chi connectivity index (χ1v) is 8.16. The summed E-state index contributed by atoms with van der Waals surface area (Å²) in [6.07, 6.45) is 2.48. The lowest BCUT2D eigenvalue weighted by Crippen LogP contribution is -2.63. The zero-order chi connectivity index (χ0) is 17.4. The number of hydrogen-bond donors (Lipinski definition) is 0. The number of morpholine rings is 1. The second-order valence-electron chi connectivity index (χ2n) is 6.23. The number of carbonyl (C=O) groups is 1. The lowest BCUT2D eigenvalue weighted by molar-refractivity contribution is -0.0713. The fourth-order valence-corrected chi connectivity index (χ4v) is 3.27. The molecule has 8 nitrogen and oxygen atoms in total. The molecule has 25 heavy (non-hydrogen) atoms. The summed E-state index contributed by atoms with van der Waals surface area (Å²) in [5.41, 5.74) is 0.0551. The largest absolute Gasteiger partial charge is 0.378 e. The molecule has 4 rings (SSSR count). The molecule has 2 fully saturated rings. The van der Waals surface area contributed by atoms with E-state index in [0.717, 1.165) is 12.7 Å². The van der Waals surface area contributed by atoms with Gasteiger partial charge in [0.2, 0.25) is 5.89 Å². The van der Waals surface area contributed by atoms with Crippen molar-refractivity contribution in [1.82, 2.24) is 24.9 Å². The van der Waals surface area contributed by atoms with Crippen LogP contribution >= 0.6 is 0 Å². The van der Waals surface area contributed by atoms with Crippen LogP contribution in [-0.2, 0) is 4.74 Å². The average molecular weight is 347 g/mol. The molecule has 2 aliphatic rings. The predicted molar refractivity (Wildman–Crippen MR) is 83.2 cm³/mol. The van der Waals surface area contributed by atoms with Crippen molar-refractivity contribution in [3.63, 3.8) is 0 Å². The Morgan fingerprint density at radius 1 is 1.40 bits per heavy atom. The molecule has 132 valence electrons. The number of aryl methyl sites for hydroxylation is 1. The summed E-state index contributed by atoms with van der Waals surface area (Å²) in [5.74, 6) is 0.206. The molecule has 0 aromatic carbocycles. The smallest absolute Gasteiger partial charge is 0.257 e. The zero-order valence-electron chi connectivity index (χ0n) is 13.8. The maximum absolute atomic E-state index is 13.7. The van der Waals surface area contributed by atoms with Crippen LogP contribution in [0.15, 0.2) is 23.0 Å². The molecular formula is C16H18FN5O3. The van der Waals surface area contributed by atoms with Crippen molar-refractivity contribution in [1.29, 1.82) is 0 Å². The van der Waals surface area contributed by atoms with E-state index in [2.05, 4.69) is 20.0 Å². The number of pyridine rings is 1. The third-order valence-electron chi connectivity index (χ3n) is 4.62. The van der Waals surface area contributed by atoms with Crippen LogP contribution in [0.3, 0.4) is 0 Å². The highest BCUT2D eigenvalue weighted by atomic mass is 19.1. The molecule has 2 aromatic rings. The number of likely N-dealkylation sites (tertiary alicyclic amines) is 1. The minimum Gasteiger partial charge on any atom is -0.378 e. The normalized spacial score (nSPS) is 22.0. The highest BCUT2D eigenvalue weighted by molar-refractivity contribution is 5.94. The number of carbonyl (C=O) groups excluding carboxylic acids is 1. The van der Waals surface area contributed by atoms with Gasteiger partial charge in [-0.05, 0) is 13.0 Å². The van der Waals surface area contributed by atoms with Gasteiger partial charge in [-0.15, -0.1) is 0 Å². The maximum atomic E-state index is 13.7. The van der Waals surface area contributed by atoms with Crippen LogP contribution in [-0.4, -0.2) is 69.7 Å².